The molecule has 0 saturated heterocycles. The number of rotatable bonds is 5. The molecule has 4 nitrogen and oxygen atoms in total. The number of aromatic nitrogens is 1. The van der Waals surface area contributed by atoms with Crippen LogP contribution in [0.2, 0.25) is 0 Å². The van der Waals surface area contributed by atoms with Crippen LogP contribution in [-0.2, 0) is 16.4 Å². The fourth-order valence-electron chi connectivity index (χ4n) is 2.62. The number of aromatic amines is 1. The number of sulfonamides is 1. The Hall–Kier alpha value is -1.82. The molecule has 1 N–H and O–H groups in total. The van der Waals surface area contributed by atoms with Crippen LogP contribution >= 0.6 is 11.8 Å². The fourth-order valence-corrected chi connectivity index (χ4v) is 4.18. The molecule has 1 unspecified atom stereocenters. The molecule has 0 aliphatic heterocycles. The molecule has 1 atom stereocenters. The first kappa shape index (κ1) is 16.1. The van der Waals surface area contributed by atoms with Crippen LogP contribution in [0.1, 0.15) is 12.5 Å². The molecular formula is C17H17ClN2O2S. The molecule has 0 fully saturated rings. The average Bonchev–Trinajstić information content (AvgIpc) is 2.98. The van der Waals surface area contributed by atoms with Gasteiger partial charge < -0.3 is 4.98 Å². The van der Waals surface area contributed by atoms with Gasteiger partial charge in [0.25, 0.3) is 10.0 Å². The van der Waals surface area contributed by atoms with Gasteiger partial charge in [0, 0.05) is 23.1 Å². The molecule has 120 valence electrons. The van der Waals surface area contributed by atoms with Gasteiger partial charge in [-0.1, -0.05) is 36.4 Å². The number of hydrogen-bond donors (Lipinski definition) is 1. The van der Waals surface area contributed by atoms with Gasteiger partial charge in [-0.25, -0.2) is 8.42 Å². The van der Waals surface area contributed by atoms with Gasteiger partial charge >= 0.3 is 0 Å². The number of H-pyrrole nitrogens is 1. The first-order valence-electron chi connectivity index (χ1n) is 7.30. The fraction of sp³-hybridized carbons (Fsp3) is 0.176. The molecule has 23 heavy (non-hydrogen) atoms. The Labute approximate surface area is 140 Å². The highest BCUT2D eigenvalue weighted by molar-refractivity contribution is 7.90. The molecule has 0 radical (unpaired) electrons. The van der Waals surface area contributed by atoms with Gasteiger partial charge in [-0.2, -0.15) is 0 Å². The van der Waals surface area contributed by atoms with Gasteiger partial charge in [-0.3, -0.25) is 0 Å². The summed E-state index contributed by atoms with van der Waals surface area (Å²) >= 11 is 6.16. The second kappa shape index (κ2) is 6.35. The number of nitrogens with one attached hydrogen (secondary N) is 1. The summed E-state index contributed by atoms with van der Waals surface area (Å²) in [5.41, 5.74) is 2.07. The van der Waals surface area contributed by atoms with Crippen molar-refractivity contribution in [2.45, 2.75) is 24.3 Å². The second-order valence-corrected chi connectivity index (χ2v) is 7.85. The second-order valence-electron chi connectivity index (χ2n) is 5.47. The van der Waals surface area contributed by atoms with E-state index in [-0.39, 0.29) is 10.9 Å². The molecule has 3 aromatic rings. The first-order chi connectivity index (χ1) is 11.0. The number of nitrogens with zero attached hydrogens (tertiary/aromatic N) is 1. The van der Waals surface area contributed by atoms with E-state index in [9.17, 15) is 8.42 Å². The highest BCUT2D eigenvalue weighted by atomic mass is 35.5. The summed E-state index contributed by atoms with van der Waals surface area (Å²) in [5.74, 6) is 0. The van der Waals surface area contributed by atoms with Gasteiger partial charge in [0.2, 0.25) is 0 Å². The zero-order valence-electron chi connectivity index (χ0n) is 12.6. The lowest BCUT2D eigenvalue weighted by molar-refractivity contribution is 0.469. The van der Waals surface area contributed by atoms with E-state index in [0.717, 1.165) is 20.3 Å². The number of fused-ring (bicyclic) bond motifs is 1. The predicted octanol–water partition coefficient (Wildman–Crippen LogP) is 3.94. The third-order valence-corrected chi connectivity index (χ3v) is 6.37. The number of halogens is 1. The third kappa shape index (κ3) is 3.13. The van der Waals surface area contributed by atoms with Gasteiger partial charge in [0.15, 0.2) is 0 Å². The van der Waals surface area contributed by atoms with Crippen LogP contribution in [0.3, 0.4) is 0 Å². The van der Waals surface area contributed by atoms with E-state index >= 15 is 0 Å². The minimum Gasteiger partial charge on any atom is -0.361 e. The Morgan fingerprint density at radius 1 is 1.09 bits per heavy atom. The molecule has 2 aromatic carbocycles. The van der Waals surface area contributed by atoms with Gasteiger partial charge in [-0.15, -0.1) is 3.82 Å². The molecule has 0 bridgehead atoms. The highest BCUT2D eigenvalue weighted by Crippen LogP contribution is 2.25. The van der Waals surface area contributed by atoms with E-state index in [1.54, 1.807) is 37.3 Å². The van der Waals surface area contributed by atoms with Crippen LogP contribution in [0.5, 0.6) is 0 Å². The normalized spacial score (nSPS) is 13.5. The zero-order chi connectivity index (χ0) is 16.4. The Morgan fingerprint density at radius 3 is 2.48 bits per heavy atom. The Kier molecular flexibility index (Phi) is 4.43. The topological polar surface area (TPSA) is 53.2 Å². The lowest BCUT2D eigenvalue weighted by Crippen LogP contribution is -2.32. The van der Waals surface area contributed by atoms with E-state index < -0.39 is 10.0 Å². The monoisotopic (exact) mass is 348 g/mol. The van der Waals surface area contributed by atoms with Crippen molar-refractivity contribution in [1.82, 2.24) is 8.81 Å². The van der Waals surface area contributed by atoms with Crippen molar-refractivity contribution in [1.29, 1.82) is 0 Å². The van der Waals surface area contributed by atoms with Crippen molar-refractivity contribution in [2.75, 3.05) is 0 Å². The largest absolute Gasteiger partial charge is 0.361 e. The van der Waals surface area contributed by atoms with Crippen LogP contribution in [0, 0.1) is 0 Å². The zero-order valence-corrected chi connectivity index (χ0v) is 14.2. The van der Waals surface area contributed by atoms with Crippen LogP contribution in [-0.4, -0.2) is 23.3 Å². The first-order valence-corrected chi connectivity index (χ1v) is 9.08. The lowest BCUT2D eigenvalue weighted by Gasteiger charge is -2.21. The quantitative estimate of drug-likeness (QED) is 0.710. The molecule has 0 saturated carbocycles. The van der Waals surface area contributed by atoms with E-state index in [1.165, 1.54) is 0 Å². The van der Waals surface area contributed by atoms with Crippen molar-refractivity contribution in [3.05, 3.63) is 66.4 Å². The standard InChI is InChI=1S/C17H17ClN2O2S/c1-13(11-14-12-19-17-10-6-5-9-16(14)17)20(18)23(21,22)15-7-3-2-4-8-15/h2-10,12-13,19H,11H2,1H3. The maximum Gasteiger partial charge on any atom is 0.256 e. The summed E-state index contributed by atoms with van der Waals surface area (Å²) in [6, 6.07) is 15.8. The molecule has 0 aliphatic rings. The smallest absolute Gasteiger partial charge is 0.256 e. The number of hydrogen-bond acceptors (Lipinski definition) is 2. The van der Waals surface area contributed by atoms with Gasteiger partial charge in [0.1, 0.15) is 0 Å². The SMILES string of the molecule is CC(Cc1c[nH]c2ccccc12)N(Cl)S(=O)(=O)c1ccccc1. The molecule has 1 aromatic heterocycles. The molecule has 0 aliphatic carbocycles. The molecular weight excluding hydrogens is 332 g/mol. The molecule has 6 heteroatoms. The van der Waals surface area contributed by atoms with Crippen molar-refractivity contribution in [2.24, 2.45) is 0 Å². The Morgan fingerprint density at radius 2 is 1.74 bits per heavy atom. The van der Waals surface area contributed by atoms with Crippen molar-refractivity contribution < 1.29 is 8.42 Å². The molecule has 1 heterocycles. The van der Waals surface area contributed by atoms with E-state index in [0.29, 0.717) is 6.42 Å². The van der Waals surface area contributed by atoms with Crippen LogP contribution in [0.4, 0.5) is 0 Å². The molecule has 0 spiro atoms. The predicted molar refractivity (Wildman–Crippen MR) is 92.8 cm³/mol. The Balaban J connectivity index is 1.84. The minimum atomic E-state index is -3.71. The van der Waals surface area contributed by atoms with Crippen molar-refractivity contribution >= 4 is 32.7 Å². The summed E-state index contributed by atoms with van der Waals surface area (Å²) < 4.78 is 26.0. The average molecular weight is 349 g/mol. The van der Waals surface area contributed by atoms with Crippen LogP contribution in [0.15, 0.2) is 65.7 Å². The Bertz CT molecular complexity index is 907. The van der Waals surface area contributed by atoms with E-state index in [1.807, 2.05) is 30.5 Å². The maximum atomic E-state index is 12.6. The third-order valence-electron chi connectivity index (χ3n) is 3.81. The number of para-hydroxylation sites is 1. The summed E-state index contributed by atoms with van der Waals surface area (Å²) in [7, 11) is -3.71. The summed E-state index contributed by atoms with van der Waals surface area (Å²) in [6.07, 6.45) is 2.43. The van der Waals surface area contributed by atoms with Crippen LogP contribution in [0.25, 0.3) is 10.9 Å². The van der Waals surface area contributed by atoms with Gasteiger partial charge in [-0.05, 0) is 48.9 Å². The summed E-state index contributed by atoms with van der Waals surface area (Å²) in [6.45, 7) is 1.80. The molecule has 3 rings (SSSR count). The molecule has 0 amide bonds. The summed E-state index contributed by atoms with van der Waals surface area (Å²) in [4.78, 5) is 3.39. The van der Waals surface area contributed by atoms with Gasteiger partial charge in [0.05, 0.1) is 4.90 Å². The highest BCUT2D eigenvalue weighted by Gasteiger charge is 2.28. The number of benzene rings is 2. The minimum absolute atomic E-state index is 0.195. The lowest BCUT2D eigenvalue weighted by atomic mass is 10.1. The van der Waals surface area contributed by atoms with E-state index in [4.69, 9.17) is 11.8 Å². The van der Waals surface area contributed by atoms with E-state index in [2.05, 4.69) is 4.98 Å². The van der Waals surface area contributed by atoms with Crippen LogP contribution < -0.4 is 0 Å². The van der Waals surface area contributed by atoms with Crippen molar-refractivity contribution in [3.8, 4) is 0 Å². The van der Waals surface area contributed by atoms with Crippen molar-refractivity contribution in [3.63, 3.8) is 0 Å². The summed E-state index contributed by atoms with van der Waals surface area (Å²) in [5, 5.41) is 1.08. The maximum absolute atomic E-state index is 12.6.